The highest BCUT2D eigenvalue weighted by atomic mass is 35.5. The Morgan fingerprint density at radius 1 is 1.71 bits per heavy atom. The maximum absolute atomic E-state index is 5.54. The zero-order chi connectivity index (χ0) is 5.11. The van der Waals surface area contributed by atoms with Crippen molar-refractivity contribution in [2.24, 2.45) is 0 Å². The summed E-state index contributed by atoms with van der Waals surface area (Å²) in [5, 5.41) is 5.81. The van der Waals surface area contributed by atoms with Crippen molar-refractivity contribution < 1.29 is 0 Å². The van der Waals surface area contributed by atoms with E-state index >= 15 is 0 Å². The largest absolute Gasteiger partial charge is 0.364 e. The predicted octanol–water partition coefficient (Wildman–Crippen LogP) is 0.215. The lowest BCUT2D eigenvalue weighted by atomic mass is 10.5. The van der Waals surface area contributed by atoms with Gasteiger partial charge in [-0.1, -0.05) is 17.7 Å². The first-order chi connectivity index (χ1) is 3.39. The fraction of sp³-hybridized carbons (Fsp3) is 0.500. The van der Waals surface area contributed by atoms with Gasteiger partial charge < -0.3 is 5.32 Å². The van der Waals surface area contributed by atoms with Gasteiger partial charge in [-0.3, -0.25) is 5.32 Å². The lowest BCUT2D eigenvalue weighted by molar-refractivity contribution is 0.612. The zero-order valence-electron chi connectivity index (χ0n) is 3.82. The molecule has 3 heteroatoms. The van der Waals surface area contributed by atoms with E-state index in [1.807, 2.05) is 12.3 Å². The molecule has 0 saturated carbocycles. The molecule has 40 valence electrons. The van der Waals surface area contributed by atoms with Crippen molar-refractivity contribution in [1.82, 2.24) is 10.6 Å². The third-order valence-corrected chi connectivity index (χ3v) is 1.06. The molecule has 0 amide bonds. The van der Waals surface area contributed by atoms with Gasteiger partial charge in [0.15, 0.2) is 5.62 Å². The van der Waals surface area contributed by atoms with E-state index in [9.17, 15) is 0 Å². The van der Waals surface area contributed by atoms with Gasteiger partial charge in [-0.25, -0.2) is 0 Å². The number of alkyl halides is 1. The summed E-state index contributed by atoms with van der Waals surface area (Å²) in [4.78, 5) is 0. The maximum Gasteiger partial charge on any atom is 0.155 e. The predicted molar refractivity (Wildman–Crippen MR) is 29.9 cm³/mol. The molecule has 0 aromatic carbocycles. The Morgan fingerprint density at radius 3 is 2.86 bits per heavy atom. The third-order valence-electron chi connectivity index (χ3n) is 0.775. The lowest BCUT2D eigenvalue weighted by Crippen LogP contribution is -2.37. The molecule has 1 aliphatic heterocycles. The number of rotatable bonds is 0. The van der Waals surface area contributed by atoms with Crippen molar-refractivity contribution in [3.05, 3.63) is 12.3 Å². The van der Waals surface area contributed by atoms with Crippen LogP contribution in [0.15, 0.2) is 12.3 Å². The Morgan fingerprint density at radius 2 is 2.57 bits per heavy atom. The smallest absolute Gasteiger partial charge is 0.155 e. The fourth-order valence-electron chi connectivity index (χ4n) is 0.442. The van der Waals surface area contributed by atoms with E-state index in [2.05, 4.69) is 10.6 Å². The molecule has 2 nitrogen and oxygen atoms in total. The van der Waals surface area contributed by atoms with E-state index in [1.165, 1.54) is 0 Å². The maximum atomic E-state index is 5.54. The number of hydrogen-bond acceptors (Lipinski definition) is 2. The zero-order valence-corrected chi connectivity index (χ0v) is 4.57. The summed E-state index contributed by atoms with van der Waals surface area (Å²) >= 11 is 5.54. The van der Waals surface area contributed by atoms with Gasteiger partial charge in [-0.15, -0.1) is 0 Å². The van der Waals surface area contributed by atoms with Crippen molar-refractivity contribution >= 4 is 11.6 Å². The van der Waals surface area contributed by atoms with Crippen LogP contribution < -0.4 is 10.6 Å². The highest BCUT2D eigenvalue weighted by molar-refractivity contribution is 6.20. The molecule has 0 fully saturated rings. The molecule has 0 aromatic heterocycles. The molecule has 1 heterocycles. The minimum Gasteiger partial charge on any atom is -0.364 e. The van der Waals surface area contributed by atoms with E-state index in [4.69, 9.17) is 11.6 Å². The SMILES string of the molecule is ClC1NC=CCN1. The summed E-state index contributed by atoms with van der Waals surface area (Å²) in [6, 6.07) is 0. The molecule has 1 atom stereocenters. The normalized spacial score (nSPS) is 29.6. The van der Waals surface area contributed by atoms with Crippen molar-refractivity contribution in [2.45, 2.75) is 5.62 Å². The van der Waals surface area contributed by atoms with Crippen LogP contribution in [0.4, 0.5) is 0 Å². The third kappa shape index (κ3) is 1.37. The highest BCUT2D eigenvalue weighted by Crippen LogP contribution is 1.88. The Hall–Kier alpha value is -0.210. The van der Waals surface area contributed by atoms with Gasteiger partial charge in [-0.05, 0) is 6.20 Å². The van der Waals surface area contributed by atoms with E-state index in [0.29, 0.717) is 0 Å². The van der Waals surface area contributed by atoms with Crippen LogP contribution >= 0.6 is 11.6 Å². The van der Waals surface area contributed by atoms with E-state index in [0.717, 1.165) is 6.54 Å². The summed E-state index contributed by atoms with van der Waals surface area (Å²) in [5.41, 5.74) is -0.0787. The summed E-state index contributed by atoms with van der Waals surface area (Å²) in [6.45, 7) is 0.862. The van der Waals surface area contributed by atoms with Crippen molar-refractivity contribution in [3.63, 3.8) is 0 Å². The van der Waals surface area contributed by atoms with Crippen molar-refractivity contribution in [2.75, 3.05) is 6.54 Å². The fourth-order valence-corrected chi connectivity index (χ4v) is 0.604. The highest BCUT2D eigenvalue weighted by Gasteiger charge is 1.98. The topological polar surface area (TPSA) is 24.1 Å². The lowest BCUT2D eigenvalue weighted by Gasteiger charge is -2.13. The van der Waals surface area contributed by atoms with Crippen molar-refractivity contribution in [1.29, 1.82) is 0 Å². The molecule has 0 spiro atoms. The molecule has 0 aromatic rings. The summed E-state index contributed by atoms with van der Waals surface area (Å²) in [7, 11) is 0. The molecule has 1 unspecified atom stereocenters. The molecular weight excluding hydrogens is 112 g/mol. The molecule has 0 aliphatic carbocycles. The number of hydrogen-bond donors (Lipinski definition) is 2. The minimum atomic E-state index is -0.0787. The van der Waals surface area contributed by atoms with Crippen LogP contribution in [0.3, 0.4) is 0 Å². The van der Waals surface area contributed by atoms with Gasteiger partial charge in [-0.2, -0.15) is 0 Å². The van der Waals surface area contributed by atoms with Gasteiger partial charge in [0.2, 0.25) is 0 Å². The monoisotopic (exact) mass is 118 g/mol. The first-order valence-corrected chi connectivity index (χ1v) is 2.62. The average molecular weight is 119 g/mol. The second-order valence-electron chi connectivity index (χ2n) is 1.34. The van der Waals surface area contributed by atoms with Crippen LogP contribution in [0.25, 0.3) is 0 Å². The number of halogens is 1. The van der Waals surface area contributed by atoms with Gasteiger partial charge >= 0.3 is 0 Å². The molecule has 1 rings (SSSR count). The van der Waals surface area contributed by atoms with E-state index in [-0.39, 0.29) is 5.62 Å². The quantitative estimate of drug-likeness (QED) is 0.351. The van der Waals surface area contributed by atoms with Crippen LogP contribution in [-0.4, -0.2) is 12.2 Å². The molecule has 0 radical (unpaired) electrons. The van der Waals surface area contributed by atoms with E-state index in [1.54, 1.807) is 0 Å². The summed E-state index contributed by atoms with van der Waals surface area (Å²) < 4.78 is 0. The Kier molecular flexibility index (Phi) is 1.54. The average Bonchev–Trinajstić information content (AvgIpc) is 1.69. The van der Waals surface area contributed by atoms with Gasteiger partial charge in [0, 0.05) is 6.54 Å². The van der Waals surface area contributed by atoms with Crippen LogP contribution in [0.5, 0.6) is 0 Å². The summed E-state index contributed by atoms with van der Waals surface area (Å²) in [5.74, 6) is 0. The van der Waals surface area contributed by atoms with Crippen LogP contribution in [0.2, 0.25) is 0 Å². The van der Waals surface area contributed by atoms with Gasteiger partial charge in [0.25, 0.3) is 0 Å². The standard InChI is InChI=1S/C4H7ClN2/c5-4-6-2-1-3-7-4/h1-2,4,6-7H,3H2. The molecule has 2 N–H and O–H groups in total. The van der Waals surface area contributed by atoms with Crippen molar-refractivity contribution in [3.8, 4) is 0 Å². The molecule has 0 bridgehead atoms. The molecule has 7 heavy (non-hydrogen) atoms. The second kappa shape index (κ2) is 2.19. The minimum absolute atomic E-state index is 0.0787. The second-order valence-corrected chi connectivity index (χ2v) is 1.78. The van der Waals surface area contributed by atoms with Crippen LogP contribution in [-0.2, 0) is 0 Å². The Labute approximate surface area is 47.5 Å². The number of nitrogens with one attached hydrogen (secondary N) is 2. The molecule has 1 aliphatic rings. The molecule has 0 saturated heterocycles. The van der Waals surface area contributed by atoms with Gasteiger partial charge in [0.1, 0.15) is 0 Å². The first-order valence-electron chi connectivity index (χ1n) is 2.18. The first kappa shape index (κ1) is 4.94. The van der Waals surface area contributed by atoms with E-state index < -0.39 is 0 Å². The van der Waals surface area contributed by atoms with Crippen LogP contribution in [0.1, 0.15) is 0 Å². The van der Waals surface area contributed by atoms with Crippen LogP contribution in [0, 0.1) is 0 Å². The Bertz CT molecular complexity index is 81.8. The van der Waals surface area contributed by atoms with Gasteiger partial charge in [0.05, 0.1) is 0 Å². The molecular formula is C4H7ClN2. The Balaban J connectivity index is 2.32. The summed E-state index contributed by atoms with van der Waals surface area (Å²) in [6.07, 6.45) is 3.81.